The fourth-order valence-corrected chi connectivity index (χ4v) is 2.78. The minimum Gasteiger partial charge on any atom is -0.356 e. The summed E-state index contributed by atoms with van der Waals surface area (Å²) in [6.45, 7) is 7.65. The van der Waals surface area contributed by atoms with Crippen molar-refractivity contribution in [2.24, 2.45) is 17.5 Å². The zero-order valence-electron chi connectivity index (χ0n) is 14.9. The lowest BCUT2D eigenvalue weighted by Crippen LogP contribution is -2.48. The molecule has 0 aromatic carbocycles. The van der Waals surface area contributed by atoms with Gasteiger partial charge in [-0.25, -0.2) is 0 Å². The molecule has 0 fully saturated rings. The number of aliphatic imine (C=N–C) groups is 1. The molecule has 0 aliphatic heterocycles. The van der Waals surface area contributed by atoms with Gasteiger partial charge in [-0.05, 0) is 42.8 Å². The largest absolute Gasteiger partial charge is 0.356 e. The lowest BCUT2D eigenvalue weighted by Gasteiger charge is -2.28. The summed E-state index contributed by atoms with van der Waals surface area (Å²) in [5.41, 5.74) is 0.672. The molecule has 1 aromatic rings. The van der Waals surface area contributed by atoms with Crippen molar-refractivity contribution in [3.8, 4) is 0 Å². The first-order valence-corrected chi connectivity index (χ1v) is 8.51. The minimum atomic E-state index is -0.499. The van der Waals surface area contributed by atoms with E-state index in [9.17, 15) is 4.79 Å². The summed E-state index contributed by atoms with van der Waals surface area (Å²) in [6.07, 6.45) is 2.03. The Hall–Kier alpha value is -1.50. The van der Waals surface area contributed by atoms with Crippen molar-refractivity contribution in [3.05, 3.63) is 22.4 Å². The highest BCUT2D eigenvalue weighted by Gasteiger charge is 2.27. The van der Waals surface area contributed by atoms with Crippen LogP contribution in [-0.4, -0.2) is 48.5 Å². The van der Waals surface area contributed by atoms with Gasteiger partial charge < -0.3 is 20.1 Å². The summed E-state index contributed by atoms with van der Waals surface area (Å²) in [5, 5.41) is 6.16. The van der Waals surface area contributed by atoms with E-state index in [1.807, 2.05) is 46.0 Å². The smallest absolute Gasteiger partial charge is 0.227 e. The van der Waals surface area contributed by atoms with E-state index in [1.54, 1.807) is 7.05 Å². The molecule has 2 N–H and O–H groups in total. The van der Waals surface area contributed by atoms with Crippen molar-refractivity contribution in [2.45, 2.75) is 27.3 Å². The van der Waals surface area contributed by atoms with Gasteiger partial charge >= 0.3 is 0 Å². The van der Waals surface area contributed by atoms with Crippen LogP contribution in [0.1, 0.15) is 26.5 Å². The van der Waals surface area contributed by atoms with Crippen LogP contribution < -0.4 is 10.6 Å². The van der Waals surface area contributed by atoms with Crippen LogP contribution in [0.4, 0.5) is 0 Å². The number of guanidine groups is 1. The average molecular weight is 386 g/mol. The normalized spacial score (nSPS) is 12.2. The molecule has 0 aliphatic rings. The first-order valence-electron chi connectivity index (χ1n) is 7.72. The van der Waals surface area contributed by atoms with Gasteiger partial charge in [-0.2, -0.15) is 0 Å². The van der Waals surface area contributed by atoms with E-state index in [4.69, 9.17) is 0 Å². The van der Waals surface area contributed by atoms with Crippen LogP contribution in [0.5, 0.6) is 0 Å². The Labute approximate surface area is 147 Å². The zero-order valence-corrected chi connectivity index (χ0v) is 16.5. The summed E-state index contributed by atoms with van der Waals surface area (Å²) in [6, 6.07) is 2.09. The van der Waals surface area contributed by atoms with E-state index in [1.165, 1.54) is 5.69 Å². The molecule has 1 heterocycles. The van der Waals surface area contributed by atoms with E-state index >= 15 is 0 Å². The predicted octanol–water partition coefficient (Wildman–Crippen LogP) is 1.96. The van der Waals surface area contributed by atoms with Crippen molar-refractivity contribution < 1.29 is 4.79 Å². The molecule has 130 valence electrons. The molecule has 0 saturated heterocycles. The Morgan fingerprint density at radius 2 is 2.09 bits per heavy atom. The molecule has 0 spiro atoms. The van der Waals surface area contributed by atoms with Crippen LogP contribution >= 0.6 is 15.9 Å². The third kappa shape index (κ3) is 5.57. The average Bonchev–Trinajstić information content (AvgIpc) is 2.77. The maximum absolute atomic E-state index is 12.1. The molecule has 7 heteroatoms. The van der Waals surface area contributed by atoms with Crippen molar-refractivity contribution in [3.63, 3.8) is 0 Å². The highest BCUT2D eigenvalue weighted by molar-refractivity contribution is 9.10. The Balaban J connectivity index is 2.66. The predicted molar refractivity (Wildman–Crippen MR) is 98.4 cm³/mol. The van der Waals surface area contributed by atoms with Gasteiger partial charge in [0, 0.05) is 50.6 Å². The van der Waals surface area contributed by atoms with Gasteiger partial charge in [-0.3, -0.25) is 9.79 Å². The van der Waals surface area contributed by atoms with Gasteiger partial charge in [-0.15, -0.1) is 0 Å². The minimum absolute atomic E-state index is 0.0389. The number of hydrogen-bond donors (Lipinski definition) is 2. The lowest BCUT2D eigenvalue weighted by atomic mass is 9.92. The highest BCUT2D eigenvalue weighted by Crippen LogP contribution is 2.16. The zero-order chi connectivity index (χ0) is 17.6. The number of amides is 1. The number of carbonyl (C=O) groups is 1. The van der Waals surface area contributed by atoms with Gasteiger partial charge in [0.15, 0.2) is 5.96 Å². The van der Waals surface area contributed by atoms with Crippen LogP contribution in [0.25, 0.3) is 0 Å². The maximum Gasteiger partial charge on any atom is 0.227 e. The maximum atomic E-state index is 12.1. The molecule has 0 bridgehead atoms. The number of aryl methyl sites for hydroxylation is 1. The topological polar surface area (TPSA) is 61.7 Å². The van der Waals surface area contributed by atoms with Gasteiger partial charge in [0.2, 0.25) is 5.91 Å². The number of aromatic nitrogens is 1. The fourth-order valence-electron chi connectivity index (χ4n) is 2.21. The van der Waals surface area contributed by atoms with Crippen molar-refractivity contribution in [1.29, 1.82) is 0 Å². The van der Waals surface area contributed by atoms with Crippen LogP contribution in [0.3, 0.4) is 0 Å². The van der Waals surface area contributed by atoms with Gasteiger partial charge in [0.05, 0.1) is 12.0 Å². The molecule has 0 radical (unpaired) electrons. The van der Waals surface area contributed by atoms with Crippen LogP contribution in [-0.2, 0) is 18.4 Å². The molecule has 1 rings (SSSR count). The van der Waals surface area contributed by atoms with Crippen molar-refractivity contribution >= 4 is 27.8 Å². The van der Waals surface area contributed by atoms with Gasteiger partial charge in [0.25, 0.3) is 0 Å². The fraction of sp³-hybridized carbons (Fsp3) is 0.625. The van der Waals surface area contributed by atoms with E-state index in [0.717, 1.165) is 17.0 Å². The van der Waals surface area contributed by atoms with E-state index < -0.39 is 5.41 Å². The second-order valence-electron chi connectivity index (χ2n) is 6.26. The molecule has 0 saturated carbocycles. The third-order valence-corrected chi connectivity index (χ3v) is 4.12. The van der Waals surface area contributed by atoms with Crippen LogP contribution in [0, 0.1) is 5.41 Å². The van der Waals surface area contributed by atoms with Crippen LogP contribution in [0.2, 0.25) is 0 Å². The number of hydrogen-bond acceptors (Lipinski definition) is 2. The number of halogens is 1. The molecule has 0 aliphatic carbocycles. The van der Waals surface area contributed by atoms with E-state index in [-0.39, 0.29) is 5.91 Å². The van der Waals surface area contributed by atoms with Gasteiger partial charge in [-0.1, -0.05) is 0 Å². The summed E-state index contributed by atoms with van der Waals surface area (Å²) < 4.78 is 3.13. The Morgan fingerprint density at radius 3 is 2.57 bits per heavy atom. The summed E-state index contributed by atoms with van der Waals surface area (Å²) in [7, 11) is 5.75. The molecule has 1 aromatic heterocycles. The molecular weight excluding hydrogens is 358 g/mol. The van der Waals surface area contributed by atoms with Crippen molar-refractivity contribution in [2.75, 3.05) is 27.2 Å². The third-order valence-electron chi connectivity index (χ3n) is 3.69. The Morgan fingerprint density at radius 1 is 1.43 bits per heavy atom. The lowest BCUT2D eigenvalue weighted by molar-refractivity contribution is -0.128. The molecule has 0 atom stereocenters. The first-order chi connectivity index (χ1) is 10.7. The number of carbonyl (C=O) groups excluding carboxylic acids is 1. The van der Waals surface area contributed by atoms with Gasteiger partial charge in [0.1, 0.15) is 0 Å². The van der Waals surface area contributed by atoms with Crippen LogP contribution in [0.15, 0.2) is 21.7 Å². The highest BCUT2D eigenvalue weighted by atomic mass is 79.9. The molecule has 23 heavy (non-hydrogen) atoms. The summed E-state index contributed by atoms with van der Waals surface area (Å²) in [5.74, 6) is 0.802. The molecule has 1 amide bonds. The standard InChI is InChI=1S/C16H28BrN5O/c1-7-19-14(23)16(2,3)11-20-15(18-4)22(6)10-13-8-12(17)9-21(13)5/h8-9H,7,10-11H2,1-6H3,(H,18,20)(H,19,23). The second-order valence-corrected chi connectivity index (χ2v) is 7.18. The monoisotopic (exact) mass is 385 g/mol. The first kappa shape index (κ1) is 19.5. The quantitative estimate of drug-likeness (QED) is 0.581. The van der Waals surface area contributed by atoms with E-state index in [2.05, 4.69) is 42.2 Å². The number of rotatable bonds is 6. The Kier molecular flexibility index (Phi) is 7.12. The molecule has 0 unspecified atom stereocenters. The Bertz CT molecular complexity index is 565. The number of nitrogens with one attached hydrogen (secondary N) is 2. The second kappa shape index (κ2) is 8.38. The number of nitrogens with zero attached hydrogens (tertiary/aromatic N) is 3. The van der Waals surface area contributed by atoms with E-state index in [0.29, 0.717) is 13.1 Å². The molecule has 6 nitrogen and oxygen atoms in total. The summed E-state index contributed by atoms with van der Waals surface area (Å²) >= 11 is 3.48. The SMILES string of the molecule is CCNC(=O)C(C)(C)CNC(=NC)N(C)Cc1cc(Br)cn1C. The summed E-state index contributed by atoms with van der Waals surface area (Å²) in [4.78, 5) is 18.4. The molecular formula is C16H28BrN5O. The van der Waals surface area contributed by atoms with Crippen molar-refractivity contribution in [1.82, 2.24) is 20.1 Å².